The summed E-state index contributed by atoms with van der Waals surface area (Å²) in [7, 11) is 0. The third-order valence-corrected chi connectivity index (χ3v) is 3.72. The van der Waals surface area contributed by atoms with Crippen molar-refractivity contribution in [1.29, 1.82) is 0 Å². The van der Waals surface area contributed by atoms with Crippen molar-refractivity contribution >= 4 is 11.8 Å². The number of nitrogens with zero attached hydrogens (tertiary/aromatic N) is 1. The lowest BCUT2D eigenvalue weighted by Gasteiger charge is -2.24. The van der Waals surface area contributed by atoms with Crippen LogP contribution in [0.15, 0.2) is 54.6 Å². The Hall–Kier alpha value is -2.46. The Morgan fingerprint density at radius 1 is 0.857 bits per heavy atom. The summed E-state index contributed by atoms with van der Waals surface area (Å²) < 4.78 is 0. The Balaban J connectivity index is 1.89. The minimum absolute atomic E-state index is 0.250. The van der Waals surface area contributed by atoms with E-state index in [0.717, 1.165) is 5.56 Å². The summed E-state index contributed by atoms with van der Waals surface area (Å²) in [6.45, 7) is -0.250. The molecule has 0 saturated heterocycles. The van der Waals surface area contributed by atoms with Crippen molar-refractivity contribution in [3.63, 3.8) is 0 Å². The number of carbonyl (C=O) groups is 2. The number of hydrogen-bond donors (Lipinski definition) is 1. The van der Waals surface area contributed by atoms with Gasteiger partial charge in [-0.05, 0) is 24.1 Å². The molecule has 0 radical (unpaired) electrons. The van der Waals surface area contributed by atoms with E-state index in [-0.39, 0.29) is 18.4 Å². The molecule has 21 heavy (non-hydrogen) atoms. The van der Waals surface area contributed by atoms with Crippen molar-refractivity contribution in [3.05, 3.63) is 71.3 Å². The number of aliphatic hydroxyl groups is 1. The summed E-state index contributed by atoms with van der Waals surface area (Å²) in [5, 5.41) is 9.62. The number of rotatable bonds is 4. The second-order valence-electron chi connectivity index (χ2n) is 5.05. The maximum atomic E-state index is 12.4. The molecule has 1 N–H and O–H groups in total. The van der Waals surface area contributed by atoms with Gasteiger partial charge < -0.3 is 5.11 Å². The fraction of sp³-hybridized carbons (Fsp3) is 0.176. The molecular formula is C17H15NO3. The van der Waals surface area contributed by atoms with Crippen LogP contribution in [0.1, 0.15) is 26.3 Å². The quantitative estimate of drug-likeness (QED) is 0.871. The van der Waals surface area contributed by atoms with Gasteiger partial charge in [0.25, 0.3) is 11.8 Å². The number of carbonyl (C=O) groups excluding carboxylic acids is 2. The fourth-order valence-corrected chi connectivity index (χ4v) is 2.66. The van der Waals surface area contributed by atoms with Crippen molar-refractivity contribution in [2.45, 2.75) is 12.5 Å². The molecule has 0 aliphatic carbocycles. The van der Waals surface area contributed by atoms with Crippen molar-refractivity contribution in [3.8, 4) is 0 Å². The van der Waals surface area contributed by atoms with Gasteiger partial charge in [0.1, 0.15) is 0 Å². The molecule has 0 saturated carbocycles. The van der Waals surface area contributed by atoms with Crippen LogP contribution < -0.4 is 0 Å². The van der Waals surface area contributed by atoms with Crippen molar-refractivity contribution < 1.29 is 14.7 Å². The second kappa shape index (κ2) is 5.50. The SMILES string of the molecule is O=C1c2ccccc2C(=O)N1[C@@H](CO)Cc1ccccc1. The molecule has 4 heteroatoms. The van der Waals surface area contributed by atoms with E-state index in [2.05, 4.69) is 0 Å². The van der Waals surface area contributed by atoms with Crippen LogP contribution in [0, 0.1) is 0 Å². The Kier molecular flexibility index (Phi) is 3.54. The molecule has 1 heterocycles. The average molecular weight is 281 g/mol. The molecule has 2 aromatic carbocycles. The second-order valence-corrected chi connectivity index (χ2v) is 5.05. The van der Waals surface area contributed by atoms with Crippen LogP contribution in [0.2, 0.25) is 0 Å². The summed E-state index contributed by atoms with van der Waals surface area (Å²) in [6.07, 6.45) is 0.447. The summed E-state index contributed by atoms with van der Waals surface area (Å²) >= 11 is 0. The number of imide groups is 1. The number of hydrogen-bond acceptors (Lipinski definition) is 3. The van der Waals surface area contributed by atoms with Gasteiger partial charge in [0.05, 0.1) is 23.8 Å². The number of aliphatic hydroxyl groups excluding tert-OH is 1. The molecule has 1 aliphatic rings. The van der Waals surface area contributed by atoms with Gasteiger partial charge in [0.2, 0.25) is 0 Å². The molecule has 4 nitrogen and oxygen atoms in total. The Morgan fingerprint density at radius 2 is 1.38 bits per heavy atom. The van der Waals surface area contributed by atoms with E-state index >= 15 is 0 Å². The van der Waals surface area contributed by atoms with Crippen molar-refractivity contribution in [2.75, 3.05) is 6.61 Å². The Bertz CT molecular complexity index is 646. The van der Waals surface area contributed by atoms with E-state index in [1.165, 1.54) is 4.90 Å². The maximum Gasteiger partial charge on any atom is 0.261 e. The summed E-state index contributed by atoms with van der Waals surface area (Å²) in [5.74, 6) is -0.656. The van der Waals surface area contributed by atoms with Gasteiger partial charge in [-0.3, -0.25) is 14.5 Å². The van der Waals surface area contributed by atoms with Crippen molar-refractivity contribution in [2.24, 2.45) is 0 Å². The molecular weight excluding hydrogens is 266 g/mol. The standard InChI is InChI=1S/C17H15NO3/c19-11-13(10-12-6-2-1-3-7-12)18-16(20)14-8-4-5-9-15(14)17(18)21/h1-9,13,19H,10-11H2/t13-/m1/s1. The minimum Gasteiger partial charge on any atom is -0.394 e. The first kappa shape index (κ1) is 13.5. The molecule has 1 atom stereocenters. The number of benzene rings is 2. The zero-order valence-electron chi connectivity index (χ0n) is 11.4. The van der Waals surface area contributed by atoms with E-state index in [4.69, 9.17) is 0 Å². The molecule has 0 fully saturated rings. The van der Waals surface area contributed by atoms with Crippen LogP contribution >= 0.6 is 0 Å². The Morgan fingerprint density at radius 3 is 1.90 bits per heavy atom. The third-order valence-electron chi connectivity index (χ3n) is 3.72. The lowest BCUT2D eigenvalue weighted by Crippen LogP contribution is -2.43. The molecule has 2 amide bonds. The predicted octanol–water partition coefficient (Wildman–Crippen LogP) is 1.89. The van der Waals surface area contributed by atoms with Gasteiger partial charge in [-0.15, -0.1) is 0 Å². The first-order chi connectivity index (χ1) is 10.2. The average Bonchev–Trinajstić information content (AvgIpc) is 2.78. The zero-order chi connectivity index (χ0) is 14.8. The zero-order valence-corrected chi connectivity index (χ0v) is 11.4. The van der Waals surface area contributed by atoms with E-state index < -0.39 is 6.04 Å². The normalized spacial score (nSPS) is 15.2. The van der Waals surface area contributed by atoms with Crippen LogP contribution in [0.4, 0.5) is 0 Å². The van der Waals surface area contributed by atoms with E-state index in [1.807, 2.05) is 30.3 Å². The van der Waals surface area contributed by atoms with Crippen molar-refractivity contribution in [1.82, 2.24) is 4.90 Å². The molecule has 0 spiro atoms. The highest BCUT2D eigenvalue weighted by Crippen LogP contribution is 2.25. The first-order valence-corrected chi connectivity index (χ1v) is 6.84. The third kappa shape index (κ3) is 2.34. The molecule has 2 aromatic rings. The van der Waals surface area contributed by atoms with Crippen LogP contribution in [-0.4, -0.2) is 34.5 Å². The smallest absolute Gasteiger partial charge is 0.261 e. The highest BCUT2D eigenvalue weighted by molar-refractivity contribution is 6.21. The number of fused-ring (bicyclic) bond motifs is 1. The van der Waals surface area contributed by atoms with E-state index in [9.17, 15) is 14.7 Å². The Labute approximate surface area is 122 Å². The number of amides is 2. The van der Waals surface area contributed by atoms with Gasteiger partial charge in [-0.2, -0.15) is 0 Å². The molecule has 106 valence electrons. The highest BCUT2D eigenvalue weighted by Gasteiger charge is 2.39. The van der Waals surface area contributed by atoms with Crippen LogP contribution in [0.5, 0.6) is 0 Å². The van der Waals surface area contributed by atoms with E-state index in [1.54, 1.807) is 24.3 Å². The topological polar surface area (TPSA) is 57.6 Å². The molecule has 1 aliphatic heterocycles. The first-order valence-electron chi connectivity index (χ1n) is 6.84. The summed E-state index contributed by atoms with van der Waals surface area (Å²) in [5.41, 5.74) is 1.80. The lowest BCUT2D eigenvalue weighted by molar-refractivity contribution is 0.0516. The summed E-state index contributed by atoms with van der Waals surface area (Å²) in [6, 6.07) is 15.7. The molecule has 0 unspecified atom stereocenters. The van der Waals surface area contributed by atoms with Gasteiger partial charge in [0, 0.05) is 0 Å². The van der Waals surface area contributed by atoms with Crippen LogP contribution in [0.3, 0.4) is 0 Å². The van der Waals surface area contributed by atoms with Crippen LogP contribution in [-0.2, 0) is 6.42 Å². The van der Waals surface area contributed by atoms with Gasteiger partial charge in [0.15, 0.2) is 0 Å². The fourth-order valence-electron chi connectivity index (χ4n) is 2.66. The summed E-state index contributed by atoms with van der Waals surface area (Å²) in [4.78, 5) is 26.0. The molecule has 3 rings (SSSR count). The van der Waals surface area contributed by atoms with E-state index in [0.29, 0.717) is 17.5 Å². The van der Waals surface area contributed by atoms with Gasteiger partial charge in [-0.25, -0.2) is 0 Å². The minimum atomic E-state index is -0.542. The maximum absolute atomic E-state index is 12.4. The highest BCUT2D eigenvalue weighted by atomic mass is 16.3. The van der Waals surface area contributed by atoms with Crippen LogP contribution in [0.25, 0.3) is 0 Å². The lowest BCUT2D eigenvalue weighted by atomic mass is 10.1. The molecule has 0 bridgehead atoms. The molecule has 0 aromatic heterocycles. The monoisotopic (exact) mass is 281 g/mol. The van der Waals surface area contributed by atoms with Gasteiger partial charge >= 0.3 is 0 Å². The van der Waals surface area contributed by atoms with Gasteiger partial charge in [-0.1, -0.05) is 42.5 Å². The predicted molar refractivity (Wildman–Crippen MR) is 78.0 cm³/mol. The largest absolute Gasteiger partial charge is 0.394 e.